The van der Waals surface area contributed by atoms with E-state index >= 15 is 0 Å². The number of phenolic OH excluding ortho intramolecular Hbond substituents is 1. The predicted octanol–water partition coefficient (Wildman–Crippen LogP) is 6.02. The third-order valence-electron chi connectivity index (χ3n) is 4.69. The van der Waals surface area contributed by atoms with E-state index < -0.39 is 5.97 Å². The summed E-state index contributed by atoms with van der Waals surface area (Å²) < 4.78 is 1.98. The first-order chi connectivity index (χ1) is 11.6. The van der Waals surface area contributed by atoms with Gasteiger partial charge in [-0.15, -0.1) is 0 Å². The lowest BCUT2D eigenvalue weighted by atomic mass is 9.92. The van der Waals surface area contributed by atoms with Crippen LogP contribution in [0.15, 0.2) is 21.1 Å². The Morgan fingerprint density at radius 1 is 0.920 bits per heavy atom. The molecule has 2 aromatic carbocycles. The van der Waals surface area contributed by atoms with Gasteiger partial charge >= 0.3 is 5.97 Å². The molecule has 25 heavy (non-hydrogen) atoms. The van der Waals surface area contributed by atoms with Crippen molar-refractivity contribution in [2.24, 2.45) is 0 Å². The minimum atomic E-state index is -0.897. The smallest absolute Gasteiger partial charge is 0.335 e. The third kappa shape index (κ3) is 4.09. The summed E-state index contributed by atoms with van der Waals surface area (Å²) in [7, 11) is 0. The molecule has 0 aromatic heterocycles. The molecule has 0 amide bonds. The Morgan fingerprint density at radius 2 is 1.40 bits per heavy atom. The first-order valence-corrected chi connectivity index (χ1v) is 9.73. The number of aromatic carboxylic acids is 1. The molecule has 134 valence electrons. The lowest BCUT2D eigenvalue weighted by Crippen LogP contribution is -2.07. The van der Waals surface area contributed by atoms with Gasteiger partial charge in [-0.3, -0.25) is 0 Å². The molecule has 5 heteroatoms. The number of phenols is 1. The second-order valence-corrected chi connectivity index (χ2v) is 8.03. The van der Waals surface area contributed by atoms with Crippen LogP contribution >= 0.6 is 31.9 Å². The fourth-order valence-corrected chi connectivity index (χ4v) is 3.95. The van der Waals surface area contributed by atoms with Crippen LogP contribution in [0.3, 0.4) is 0 Å². The maximum Gasteiger partial charge on any atom is 0.335 e. The Balaban J connectivity index is 2.28. The van der Waals surface area contributed by atoms with E-state index in [4.69, 9.17) is 0 Å². The summed E-state index contributed by atoms with van der Waals surface area (Å²) in [6.45, 7) is 7.79. The average Bonchev–Trinajstić information content (AvgIpc) is 2.55. The summed E-state index contributed by atoms with van der Waals surface area (Å²) in [4.78, 5) is 11.6. The standard InChI is InChI=1S/C20H22Br2O3/c1-10-8-16(20(24)25)14(12(3)18(10)21)6-5-7-15-13(4)19(22)11(2)9-17(15)23/h8-9,23H,5-7H2,1-4H3,(H,24,25). The molecule has 0 heterocycles. The highest BCUT2D eigenvalue weighted by Crippen LogP contribution is 2.33. The second-order valence-electron chi connectivity index (χ2n) is 6.45. The molecule has 0 radical (unpaired) electrons. The van der Waals surface area contributed by atoms with Crippen molar-refractivity contribution in [2.45, 2.75) is 47.0 Å². The number of carboxylic acid groups (broad SMARTS) is 1. The molecule has 2 aromatic rings. The monoisotopic (exact) mass is 468 g/mol. The van der Waals surface area contributed by atoms with Crippen LogP contribution in [0.5, 0.6) is 5.75 Å². The van der Waals surface area contributed by atoms with Crippen molar-refractivity contribution in [3.8, 4) is 5.75 Å². The molecule has 3 nitrogen and oxygen atoms in total. The van der Waals surface area contributed by atoms with Crippen molar-refractivity contribution in [2.75, 3.05) is 0 Å². The molecule has 0 aliphatic heterocycles. The minimum Gasteiger partial charge on any atom is -0.508 e. The SMILES string of the molecule is Cc1cc(O)c(CCCc2c(C(=O)O)cc(C)c(Br)c2C)c(C)c1Br. The Morgan fingerprint density at radius 3 is 1.96 bits per heavy atom. The van der Waals surface area contributed by atoms with Gasteiger partial charge in [0, 0.05) is 8.95 Å². The largest absolute Gasteiger partial charge is 0.508 e. The molecule has 0 saturated carbocycles. The fourth-order valence-electron chi connectivity index (χ4n) is 3.24. The van der Waals surface area contributed by atoms with Gasteiger partial charge in [-0.25, -0.2) is 4.79 Å². The molecule has 0 saturated heterocycles. The molecule has 2 N–H and O–H groups in total. The lowest BCUT2D eigenvalue weighted by molar-refractivity contribution is 0.0695. The zero-order chi connectivity index (χ0) is 18.9. The molecule has 0 aliphatic carbocycles. The Hall–Kier alpha value is -1.33. The number of aromatic hydroxyl groups is 1. The highest BCUT2D eigenvalue weighted by Gasteiger charge is 2.17. The Labute approximate surface area is 165 Å². The van der Waals surface area contributed by atoms with Crippen LogP contribution in [0, 0.1) is 27.7 Å². The topological polar surface area (TPSA) is 57.5 Å². The van der Waals surface area contributed by atoms with Gasteiger partial charge < -0.3 is 10.2 Å². The molecule has 0 spiro atoms. The van der Waals surface area contributed by atoms with Gasteiger partial charge in [0.05, 0.1) is 5.56 Å². The van der Waals surface area contributed by atoms with Crippen molar-refractivity contribution in [1.29, 1.82) is 0 Å². The summed E-state index contributed by atoms with van der Waals surface area (Å²) in [6.07, 6.45) is 2.11. The molecule has 0 aliphatic rings. The Kier molecular flexibility index (Phi) is 6.33. The quantitative estimate of drug-likeness (QED) is 0.562. The summed E-state index contributed by atoms with van der Waals surface area (Å²) in [5, 5.41) is 19.8. The lowest BCUT2D eigenvalue weighted by Gasteiger charge is -2.16. The van der Waals surface area contributed by atoms with Crippen LogP contribution in [0.25, 0.3) is 0 Å². The Bertz CT molecular complexity index is 842. The summed E-state index contributed by atoms with van der Waals surface area (Å²) >= 11 is 7.12. The van der Waals surface area contributed by atoms with Crippen molar-refractivity contribution in [3.63, 3.8) is 0 Å². The first kappa shape index (κ1) is 20.0. The van der Waals surface area contributed by atoms with Gasteiger partial charge in [-0.2, -0.15) is 0 Å². The van der Waals surface area contributed by atoms with E-state index in [2.05, 4.69) is 31.9 Å². The number of rotatable bonds is 5. The number of halogens is 2. The molecule has 0 unspecified atom stereocenters. The van der Waals surface area contributed by atoms with Crippen LogP contribution in [-0.4, -0.2) is 16.2 Å². The number of carbonyl (C=O) groups is 1. The third-order valence-corrected chi connectivity index (χ3v) is 7.13. The summed E-state index contributed by atoms with van der Waals surface area (Å²) in [6, 6.07) is 3.49. The molecule has 0 bridgehead atoms. The van der Waals surface area contributed by atoms with E-state index in [0.717, 1.165) is 48.7 Å². The normalized spacial score (nSPS) is 11.0. The number of benzene rings is 2. The molecule has 0 fully saturated rings. The number of aryl methyl sites for hydroxylation is 2. The average molecular weight is 470 g/mol. The molecular formula is C20H22Br2O3. The second kappa shape index (κ2) is 7.92. The van der Waals surface area contributed by atoms with E-state index in [0.29, 0.717) is 24.2 Å². The zero-order valence-corrected chi connectivity index (χ0v) is 18.0. The highest BCUT2D eigenvalue weighted by atomic mass is 79.9. The predicted molar refractivity (Wildman–Crippen MR) is 108 cm³/mol. The van der Waals surface area contributed by atoms with Gasteiger partial charge in [0.1, 0.15) is 5.75 Å². The summed E-state index contributed by atoms with van der Waals surface area (Å²) in [5.74, 6) is -0.593. The first-order valence-electron chi connectivity index (χ1n) is 8.14. The van der Waals surface area contributed by atoms with Crippen molar-refractivity contribution >= 4 is 37.8 Å². The van der Waals surface area contributed by atoms with Gasteiger partial charge in [-0.1, -0.05) is 31.9 Å². The van der Waals surface area contributed by atoms with E-state index in [9.17, 15) is 15.0 Å². The van der Waals surface area contributed by atoms with E-state index in [-0.39, 0.29) is 0 Å². The van der Waals surface area contributed by atoms with Gasteiger partial charge in [0.2, 0.25) is 0 Å². The number of carboxylic acids is 1. The number of hydrogen-bond donors (Lipinski definition) is 2. The fraction of sp³-hybridized carbons (Fsp3) is 0.350. The summed E-state index contributed by atoms with van der Waals surface area (Å²) in [5.41, 5.74) is 6.08. The van der Waals surface area contributed by atoms with Crippen LogP contribution < -0.4 is 0 Å². The molecular weight excluding hydrogens is 448 g/mol. The van der Waals surface area contributed by atoms with Crippen molar-refractivity contribution in [3.05, 3.63) is 60.0 Å². The van der Waals surface area contributed by atoms with Crippen LogP contribution in [0.4, 0.5) is 0 Å². The highest BCUT2D eigenvalue weighted by molar-refractivity contribution is 9.10. The van der Waals surface area contributed by atoms with E-state index in [1.165, 1.54) is 0 Å². The molecule has 2 rings (SSSR count). The van der Waals surface area contributed by atoms with Crippen LogP contribution in [0.1, 0.15) is 50.2 Å². The van der Waals surface area contributed by atoms with Crippen LogP contribution in [0.2, 0.25) is 0 Å². The van der Waals surface area contributed by atoms with Crippen molar-refractivity contribution in [1.82, 2.24) is 0 Å². The van der Waals surface area contributed by atoms with Gasteiger partial charge in [0.25, 0.3) is 0 Å². The van der Waals surface area contributed by atoms with Crippen molar-refractivity contribution < 1.29 is 15.0 Å². The van der Waals surface area contributed by atoms with Crippen LogP contribution in [-0.2, 0) is 12.8 Å². The maximum absolute atomic E-state index is 11.6. The van der Waals surface area contributed by atoms with Gasteiger partial charge in [-0.05, 0) is 92.5 Å². The minimum absolute atomic E-state index is 0.304. The number of hydrogen-bond acceptors (Lipinski definition) is 2. The van der Waals surface area contributed by atoms with E-state index in [1.54, 1.807) is 12.1 Å². The van der Waals surface area contributed by atoms with Gasteiger partial charge in [0.15, 0.2) is 0 Å². The molecule has 0 atom stereocenters. The van der Waals surface area contributed by atoms with E-state index in [1.807, 2.05) is 27.7 Å². The zero-order valence-electron chi connectivity index (χ0n) is 14.8. The maximum atomic E-state index is 11.6.